The number of hydrogen-bond acceptors (Lipinski definition) is 9. The summed E-state index contributed by atoms with van der Waals surface area (Å²) in [6, 6.07) is 22.1. The second kappa shape index (κ2) is 12.2. The van der Waals surface area contributed by atoms with Crippen molar-refractivity contribution in [2.45, 2.75) is 23.6 Å². The highest BCUT2D eigenvalue weighted by atomic mass is 32.2. The molecule has 3 heterocycles. The molecule has 12 heteroatoms. The Morgan fingerprint density at radius 1 is 1.05 bits per heavy atom. The van der Waals surface area contributed by atoms with Gasteiger partial charge < -0.3 is 25.3 Å². The molecule has 3 amide bonds. The van der Waals surface area contributed by atoms with Crippen LogP contribution in [0.3, 0.4) is 0 Å². The number of thiophene rings is 1. The van der Waals surface area contributed by atoms with Crippen LogP contribution in [0.1, 0.15) is 22.1 Å². The summed E-state index contributed by atoms with van der Waals surface area (Å²) in [6.07, 6.45) is -1.73. The van der Waals surface area contributed by atoms with E-state index in [1.54, 1.807) is 0 Å². The van der Waals surface area contributed by atoms with Crippen LogP contribution in [0.2, 0.25) is 0 Å². The first-order valence-electron chi connectivity index (χ1n) is 12.6. The van der Waals surface area contributed by atoms with Gasteiger partial charge in [0.05, 0.1) is 6.42 Å². The van der Waals surface area contributed by atoms with Crippen molar-refractivity contribution in [1.29, 1.82) is 0 Å². The lowest BCUT2D eigenvalue weighted by atomic mass is 9.97. The first-order valence-corrected chi connectivity index (χ1v) is 14.6. The zero-order chi connectivity index (χ0) is 29.0. The Morgan fingerprint density at radius 2 is 1.71 bits per heavy atom. The number of rotatable bonds is 10. The van der Waals surface area contributed by atoms with Crippen molar-refractivity contribution in [1.82, 2.24) is 10.2 Å². The number of esters is 1. The fourth-order valence-corrected chi connectivity index (χ4v) is 6.89. The van der Waals surface area contributed by atoms with Gasteiger partial charge in [-0.1, -0.05) is 66.7 Å². The number of hydrogen-bond donors (Lipinski definition) is 2. The van der Waals surface area contributed by atoms with Crippen molar-refractivity contribution in [3.05, 3.63) is 105 Å². The van der Waals surface area contributed by atoms with Crippen molar-refractivity contribution in [3.63, 3.8) is 0 Å². The van der Waals surface area contributed by atoms with Gasteiger partial charge in [0, 0.05) is 23.3 Å². The Kier molecular flexibility index (Phi) is 8.43. The van der Waals surface area contributed by atoms with Crippen LogP contribution >= 0.6 is 23.1 Å². The molecule has 0 bridgehead atoms. The Labute approximate surface area is 244 Å². The van der Waals surface area contributed by atoms with E-state index in [0.717, 1.165) is 16.0 Å². The van der Waals surface area contributed by atoms with E-state index < -0.39 is 41.1 Å². The molecule has 0 spiro atoms. The lowest BCUT2D eigenvalue weighted by Gasteiger charge is -2.56. The third-order valence-corrected chi connectivity index (χ3v) is 8.93. The number of carbonyl (C=O) groups excluding carboxylic acids is 4. The summed E-state index contributed by atoms with van der Waals surface area (Å²) in [6.45, 7) is -0.310. The van der Waals surface area contributed by atoms with Crippen LogP contribution in [0.25, 0.3) is 0 Å². The number of ether oxygens (including phenoxy) is 3. The van der Waals surface area contributed by atoms with Gasteiger partial charge in [0.1, 0.15) is 17.7 Å². The molecular weight excluding hydrogens is 566 g/mol. The molecule has 41 heavy (non-hydrogen) atoms. The van der Waals surface area contributed by atoms with Crippen LogP contribution in [0.4, 0.5) is 4.79 Å². The summed E-state index contributed by atoms with van der Waals surface area (Å²) in [7, 11) is 1.33. The van der Waals surface area contributed by atoms with Gasteiger partial charge in [-0.3, -0.25) is 14.5 Å². The Hall–Kier alpha value is -4.13. The van der Waals surface area contributed by atoms with E-state index in [0.29, 0.717) is 5.57 Å². The van der Waals surface area contributed by atoms with Crippen LogP contribution in [0.15, 0.2) is 89.4 Å². The highest BCUT2D eigenvalue weighted by Gasteiger charge is 2.66. The minimum Gasteiger partial charge on any atom is -0.448 e. The predicted octanol–water partition coefficient (Wildman–Crippen LogP) is 3.35. The smallest absolute Gasteiger partial charge is 0.404 e. The largest absolute Gasteiger partial charge is 0.448 e. The van der Waals surface area contributed by atoms with Crippen LogP contribution in [-0.2, 0) is 35.0 Å². The molecule has 3 N–H and O–H groups in total. The average Bonchev–Trinajstić information content (AvgIpc) is 3.50. The van der Waals surface area contributed by atoms with E-state index in [4.69, 9.17) is 19.9 Å². The minimum absolute atomic E-state index is 0.0722. The standard InChI is InChI=1S/C29H27N3O7S2/c1-37-29(31-22(33)15-21-13-8-14-40-21)26(35)32-23(20(16-38-28(30)36)17-41-27(29)32)25(34)39-24(18-9-4-2-5-10-18)19-11-6-3-7-12-19/h2-14,24,27H,15-17H2,1H3,(H2,30,36)(H,31,33)/t27-,29?/m1/s1. The van der Waals surface area contributed by atoms with Crippen LogP contribution in [0, 0.1) is 0 Å². The highest BCUT2D eigenvalue weighted by molar-refractivity contribution is 8.00. The van der Waals surface area contributed by atoms with Gasteiger partial charge in [-0.2, -0.15) is 0 Å². The summed E-state index contributed by atoms with van der Waals surface area (Å²) in [5, 5.41) is 3.83. The fourth-order valence-electron chi connectivity index (χ4n) is 4.77. The molecular formula is C29H27N3O7S2. The maximum atomic E-state index is 13.9. The maximum absolute atomic E-state index is 13.9. The van der Waals surface area contributed by atoms with Gasteiger partial charge in [0.25, 0.3) is 11.6 Å². The van der Waals surface area contributed by atoms with E-state index in [2.05, 4.69) is 5.32 Å². The molecule has 0 aliphatic carbocycles. The van der Waals surface area contributed by atoms with E-state index in [-0.39, 0.29) is 24.5 Å². The molecule has 1 saturated heterocycles. The van der Waals surface area contributed by atoms with Crippen LogP contribution in [-0.4, -0.2) is 59.3 Å². The minimum atomic E-state index is -1.68. The number of β-lactam (4-membered cyclic amide) rings is 1. The average molecular weight is 594 g/mol. The molecule has 3 aromatic rings. The van der Waals surface area contributed by atoms with Crippen molar-refractivity contribution in [2.24, 2.45) is 5.73 Å². The molecule has 0 radical (unpaired) electrons. The molecule has 0 saturated carbocycles. The second-order valence-electron chi connectivity index (χ2n) is 9.25. The maximum Gasteiger partial charge on any atom is 0.404 e. The lowest BCUT2D eigenvalue weighted by Crippen LogP contribution is -2.80. The Bertz CT molecular complexity index is 1420. The van der Waals surface area contributed by atoms with Gasteiger partial charge in [0.2, 0.25) is 5.91 Å². The number of benzene rings is 2. The lowest BCUT2D eigenvalue weighted by molar-refractivity contribution is -0.193. The van der Waals surface area contributed by atoms with Crippen molar-refractivity contribution in [2.75, 3.05) is 19.5 Å². The summed E-state index contributed by atoms with van der Waals surface area (Å²) in [4.78, 5) is 53.9. The van der Waals surface area contributed by atoms with E-state index in [1.807, 2.05) is 78.2 Å². The highest BCUT2D eigenvalue weighted by Crippen LogP contribution is 2.47. The number of primary amides is 1. The molecule has 2 aromatic carbocycles. The molecule has 2 aliphatic heterocycles. The number of carbonyl (C=O) groups is 4. The SMILES string of the molecule is COC1(NC(=O)Cc2cccs2)C(=O)N2C(C(=O)OC(c3ccccc3)c3ccccc3)=C(COC(N)=O)CS[C@@H]21. The monoisotopic (exact) mass is 593 g/mol. The summed E-state index contributed by atoms with van der Waals surface area (Å²) < 4.78 is 16.7. The van der Waals surface area contributed by atoms with Gasteiger partial charge in [-0.25, -0.2) is 9.59 Å². The van der Waals surface area contributed by atoms with E-state index >= 15 is 0 Å². The number of amides is 3. The summed E-state index contributed by atoms with van der Waals surface area (Å²) >= 11 is 2.69. The molecule has 5 rings (SSSR count). The molecule has 1 aromatic heterocycles. The third-order valence-electron chi connectivity index (χ3n) is 6.68. The number of nitrogens with zero attached hydrogens (tertiary/aromatic N) is 1. The van der Waals surface area contributed by atoms with Crippen molar-refractivity contribution >= 4 is 47.0 Å². The van der Waals surface area contributed by atoms with Gasteiger partial charge in [0.15, 0.2) is 6.10 Å². The van der Waals surface area contributed by atoms with Gasteiger partial charge in [-0.05, 0) is 22.6 Å². The summed E-state index contributed by atoms with van der Waals surface area (Å²) in [5.41, 5.74) is 5.24. The zero-order valence-electron chi connectivity index (χ0n) is 22.0. The third kappa shape index (κ3) is 5.71. The normalized spacial score (nSPS) is 19.8. The van der Waals surface area contributed by atoms with Crippen molar-refractivity contribution in [3.8, 4) is 0 Å². The van der Waals surface area contributed by atoms with E-state index in [1.165, 1.54) is 35.1 Å². The molecule has 212 valence electrons. The first kappa shape index (κ1) is 28.4. The van der Waals surface area contributed by atoms with Gasteiger partial charge >= 0.3 is 12.1 Å². The Balaban J connectivity index is 1.45. The number of fused-ring (bicyclic) bond motifs is 1. The number of thioether (sulfide) groups is 1. The first-order chi connectivity index (χ1) is 19.8. The van der Waals surface area contributed by atoms with Gasteiger partial charge in [-0.15, -0.1) is 23.1 Å². The number of nitrogens with one attached hydrogen (secondary N) is 1. The number of methoxy groups -OCH3 is 1. The molecule has 10 nitrogen and oxygen atoms in total. The van der Waals surface area contributed by atoms with Crippen LogP contribution in [0.5, 0.6) is 0 Å². The topological polar surface area (TPSA) is 137 Å². The van der Waals surface area contributed by atoms with E-state index in [9.17, 15) is 19.2 Å². The fraction of sp³-hybridized carbons (Fsp3) is 0.241. The molecule has 1 unspecified atom stereocenters. The number of nitrogens with two attached hydrogens (primary N) is 1. The predicted molar refractivity (Wildman–Crippen MR) is 152 cm³/mol. The quantitative estimate of drug-likeness (QED) is 0.208. The zero-order valence-corrected chi connectivity index (χ0v) is 23.6. The summed E-state index contributed by atoms with van der Waals surface area (Å²) in [5.74, 6) is -1.64. The second-order valence-corrected chi connectivity index (χ2v) is 11.3. The van der Waals surface area contributed by atoms with Crippen LogP contribution < -0.4 is 11.1 Å². The molecule has 1 fully saturated rings. The Morgan fingerprint density at radius 3 is 2.27 bits per heavy atom. The molecule has 2 atom stereocenters. The molecule has 2 aliphatic rings. The van der Waals surface area contributed by atoms with Crippen molar-refractivity contribution < 1.29 is 33.4 Å².